The number of ether oxygens (including phenoxy) is 1. The molecule has 2 aromatic carbocycles. The minimum absolute atomic E-state index is 0.0913. The molecule has 1 aromatic heterocycles. The number of rotatable bonds is 6. The summed E-state index contributed by atoms with van der Waals surface area (Å²) in [6, 6.07) is 17.7. The Kier molecular flexibility index (Phi) is 5.14. The van der Waals surface area contributed by atoms with Crippen LogP contribution in [-0.4, -0.2) is 43.6 Å². The van der Waals surface area contributed by atoms with E-state index < -0.39 is 12.8 Å². The van der Waals surface area contributed by atoms with Gasteiger partial charge in [0.1, 0.15) is 25.1 Å². The van der Waals surface area contributed by atoms with E-state index in [4.69, 9.17) is 9.72 Å². The molecule has 25 heavy (non-hydrogen) atoms. The van der Waals surface area contributed by atoms with Gasteiger partial charge in [0.2, 0.25) is 0 Å². The first kappa shape index (κ1) is 17.2. The second-order valence-electron chi connectivity index (χ2n) is 6.09. The molecule has 0 bridgehead atoms. The van der Waals surface area contributed by atoms with Gasteiger partial charge in [-0.1, -0.05) is 30.3 Å². The second kappa shape index (κ2) is 7.49. The van der Waals surface area contributed by atoms with Crippen LogP contribution in [0.25, 0.3) is 22.2 Å². The molecule has 0 fully saturated rings. The van der Waals surface area contributed by atoms with Gasteiger partial charge in [-0.2, -0.15) is 0 Å². The predicted octanol–water partition coefficient (Wildman–Crippen LogP) is 3.68. The molecule has 1 heterocycles. The molecular formula is C20H21FN2O2. The van der Waals surface area contributed by atoms with E-state index in [0.717, 1.165) is 27.8 Å². The number of hydrogen-bond acceptors (Lipinski definition) is 4. The molecule has 0 aliphatic heterocycles. The monoisotopic (exact) mass is 340 g/mol. The summed E-state index contributed by atoms with van der Waals surface area (Å²) in [6.07, 6.45) is -1.13. The lowest BCUT2D eigenvalue weighted by molar-refractivity contribution is 0.0844. The molecule has 130 valence electrons. The van der Waals surface area contributed by atoms with Gasteiger partial charge in [-0.3, -0.25) is 0 Å². The fourth-order valence-electron chi connectivity index (χ4n) is 2.62. The molecule has 0 spiro atoms. The van der Waals surface area contributed by atoms with Gasteiger partial charge in [0.25, 0.3) is 0 Å². The lowest BCUT2D eigenvalue weighted by Gasteiger charge is -2.19. The van der Waals surface area contributed by atoms with Crippen molar-refractivity contribution in [2.24, 2.45) is 0 Å². The van der Waals surface area contributed by atoms with Crippen LogP contribution in [0.5, 0.6) is 5.75 Å². The summed E-state index contributed by atoms with van der Waals surface area (Å²) in [5.74, 6) is 0.588. The van der Waals surface area contributed by atoms with Gasteiger partial charge in [0, 0.05) is 25.0 Å². The summed E-state index contributed by atoms with van der Waals surface area (Å²) < 4.78 is 18.1. The van der Waals surface area contributed by atoms with Gasteiger partial charge in [-0.15, -0.1) is 0 Å². The van der Waals surface area contributed by atoms with Crippen molar-refractivity contribution in [3.05, 3.63) is 54.6 Å². The number of hydrogen-bond donors (Lipinski definition) is 1. The van der Waals surface area contributed by atoms with Crippen LogP contribution in [0.1, 0.15) is 0 Å². The minimum atomic E-state index is -1.13. The topological polar surface area (TPSA) is 45.6 Å². The summed E-state index contributed by atoms with van der Waals surface area (Å²) in [7, 11) is 3.81. The summed E-state index contributed by atoms with van der Waals surface area (Å²) >= 11 is 0. The van der Waals surface area contributed by atoms with Gasteiger partial charge in [-0.25, -0.2) is 9.37 Å². The van der Waals surface area contributed by atoms with Gasteiger partial charge < -0.3 is 14.7 Å². The molecule has 0 amide bonds. The molecule has 1 atom stereocenters. The molecule has 5 heteroatoms. The largest absolute Gasteiger partial charge is 0.489 e. The maximum atomic E-state index is 12.5. The van der Waals surface area contributed by atoms with Crippen LogP contribution in [0.2, 0.25) is 0 Å². The highest BCUT2D eigenvalue weighted by Crippen LogP contribution is 2.32. The summed E-state index contributed by atoms with van der Waals surface area (Å²) in [5, 5.41) is 10.5. The Morgan fingerprint density at radius 2 is 1.92 bits per heavy atom. The van der Waals surface area contributed by atoms with Crippen LogP contribution in [0.4, 0.5) is 10.1 Å². The fraction of sp³-hybridized carbons (Fsp3) is 0.250. The van der Waals surface area contributed by atoms with Crippen molar-refractivity contribution in [1.82, 2.24) is 4.98 Å². The fourth-order valence-corrected chi connectivity index (χ4v) is 2.62. The number of anilines is 1. The Morgan fingerprint density at radius 1 is 1.12 bits per heavy atom. The first-order valence-electron chi connectivity index (χ1n) is 8.13. The van der Waals surface area contributed by atoms with E-state index in [1.54, 1.807) is 0 Å². The molecule has 0 saturated carbocycles. The Labute approximate surface area is 146 Å². The quantitative estimate of drug-likeness (QED) is 0.744. The zero-order valence-electron chi connectivity index (χ0n) is 14.3. The van der Waals surface area contributed by atoms with Crippen LogP contribution < -0.4 is 9.64 Å². The zero-order chi connectivity index (χ0) is 17.8. The smallest absolute Gasteiger partial charge is 0.143 e. The lowest BCUT2D eigenvalue weighted by Crippen LogP contribution is -2.20. The van der Waals surface area contributed by atoms with Crippen molar-refractivity contribution in [2.45, 2.75) is 6.10 Å². The normalized spacial score (nSPS) is 12.2. The van der Waals surface area contributed by atoms with E-state index in [1.165, 1.54) is 0 Å². The molecule has 1 N–H and O–H groups in total. The first-order chi connectivity index (χ1) is 12.1. The third kappa shape index (κ3) is 3.88. The number of alkyl halides is 1. The number of aliphatic hydroxyl groups is 1. The summed E-state index contributed by atoms with van der Waals surface area (Å²) in [6.45, 7) is -0.921. The molecule has 3 aromatic rings. The van der Waals surface area contributed by atoms with Crippen molar-refractivity contribution in [1.29, 1.82) is 0 Å². The molecule has 0 aliphatic rings. The molecule has 0 aliphatic carbocycles. The first-order valence-corrected chi connectivity index (χ1v) is 8.13. The van der Waals surface area contributed by atoms with Crippen molar-refractivity contribution in [3.8, 4) is 17.0 Å². The van der Waals surface area contributed by atoms with Crippen molar-refractivity contribution >= 4 is 16.6 Å². The number of aromatic nitrogens is 1. The predicted molar refractivity (Wildman–Crippen MR) is 99.0 cm³/mol. The van der Waals surface area contributed by atoms with Crippen LogP contribution >= 0.6 is 0 Å². The third-order valence-electron chi connectivity index (χ3n) is 3.95. The third-order valence-corrected chi connectivity index (χ3v) is 3.95. The van der Waals surface area contributed by atoms with Crippen LogP contribution in [0.15, 0.2) is 54.6 Å². The van der Waals surface area contributed by atoms with E-state index in [1.807, 2.05) is 73.6 Å². The highest BCUT2D eigenvalue weighted by molar-refractivity contribution is 5.82. The number of pyridine rings is 1. The number of fused-ring (bicyclic) bond motifs is 1. The molecule has 0 saturated heterocycles. The number of nitrogens with zero attached hydrogens (tertiary/aromatic N) is 2. The molecule has 3 rings (SSSR count). The van der Waals surface area contributed by atoms with E-state index >= 15 is 0 Å². The van der Waals surface area contributed by atoms with E-state index in [2.05, 4.69) is 0 Å². The minimum Gasteiger partial charge on any atom is -0.489 e. The van der Waals surface area contributed by atoms with Crippen LogP contribution in [0, 0.1) is 0 Å². The number of benzene rings is 2. The van der Waals surface area contributed by atoms with Crippen molar-refractivity contribution < 1.29 is 14.2 Å². The average Bonchev–Trinajstić information content (AvgIpc) is 2.65. The summed E-state index contributed by atoms with van der Waals surface area (Å²) in [4.78, 5) is 6.61. The second-order valence-corrected chi connectivity index (χ2v) is 6.09. The highest BCUT2D eigenvalue weighted by Gasteiger charge is 2.12. The van der Waals surface area contributed by atoms with Crippen molar-refractivity contribution in [2.75, 3.05) is 32.3 Å². The average molecular weight is 340 g/mol. The Morgan fingerprint density at radius 3 is 2.68 bits per heavy atom. The van der Waals surface area contributed by atoms with E-state index in [9.17, 15) is 9.50 Å². The van der Waals surface area contributed by atoms with E-state index in [0.29, 0.717) is 5.75 Å². The van der Waals surface area contributed by atoms with Crippen LogP contribution in [-0.2, 0) is 0 Å². The van der Waals surface area contributed by atoms with Gasteiger partial charge in [0.05, 0.1) is 16.9 Å². The van der Waals surface area contributed by atoms with Gasteiger partial charge >= 0.3 is 0 Å². The van der Waals surface area contributed by atoms with Gasteiger partial charge in [0.15, 0.2) is 0 Å². The lowest BCUT2D eigenvalue weighted by atomic mass is 10.1. The number of halogens is 1. The highest BCUT2D eigenvalue weighted by atomic mass is 19.1. The number of para-hydroxylation sites is 1. The molecule has 4 nitrogen and oxygen atoms in total. The maximum absolute atomic E-state index is 12.5. The Hall–Kier alpha value is -2.66. The van der Waals surface area contributed by atoms with Crippen molar-refractivity contribution in [3.63, 3.8) is 0 Å². The maximum Gasteiger partial charge on any atom is 0.143 e. The standard InChI is InChI=1S/C20H21FN2O2/c1-23(2)19-10-8-15(11-20(19)25-13-16(24)12-21)18-9-7-14-5-3-4-6-17(14)22-18/h3-11,16,24H,12-13H2,1-2H3. The molecule has 0 radical (unpaired) electrons. The Bertz CT molecular complexity index is 867. The van der Waals surface area contributed by atoms with Gasteiger partial charge in [-0.05, 0) is 24.3 Å². The molecular weight excluding hydrogens is 319 g/mol. The molecule has 1 unspecified atom stereocenters. The number of aliphatic hydroxyl groups excluding tert-OH is 1. The zero-order valence-corrected chi connectivity index (χ0v) is 14.3. The SMILES string of the molecule is CN(C)c1ccc(-c2ccc3ccccc3n2)cc1OCC(O)CF. The van der Waals surface area contributed by atoms with E-state index in [-0.39, 0.29) is 6.61 Å². The summed E-state index contributed by atoms with van der Waals surface area (Å²) in [5.41, 5.74) is 3.52. The van der Waals surface area contributed by atoms with Crippen LogP contribution in [0.3, 0.4) is 0 Å². The Balaban J connectivity index is 1.97.